The number of fused-ring (bicyclic) bond motifs is 5. The summed E-state index contributed by atoms with van der Waals surface area (Å²) < 4.78 is 27.1. The Hall–Kier alpha value is -1.83. The van der Waals surface area contributed by atoms with Gasteiger partial charge in [0.05, 0.1) is 11.0 Å². The van der Waals surface area contributed by atoms with Crippen molar-refractivity contribution in [2.24, 2.45) is 34.0 Å². The van der Waals surface area contributed by atoms with E-state index in [0.29, 0.717) is 5.92 Å². The minimum atomic E-state index is -3.62. The van der Waals surface area contributed by atoms with Crippen LogP contribution in [-0.2, 0) is 19.4 Å². The van der Waals surface area contributed by atoms with Gasteiger partial charge in [0.2, 0.25) is 5.91 Å². The van der Waals surface area contributed by atoms with Gasteiger partial charge in [-0.2, -0.15) is 0 Å². The summed E-state index contributed by atoms with van der Waals surface area (Å²) in [7, 11) is -3.62. The third-order valence-electron chi connectivity index (χ3n) is 9.33. The van der Waals surface area contributed by atoms with Gasteiger partial charge in [0.15, 0.2) is 9.84 Å². The first-order valence-electron chi connectivity index (χ1n) is 11.6. The lowest BCUT2D eigenvalue weighted by atomic mass is 9.41. The molecule has 0 aromatic heterocycles. The van der Waals surface area contributed by atoms with Gasteiger partial charge < -0.3 is 15.5 Å². The van der Waals surface area contributed by atoms with Gasteiger partial charge in [-0.25, -0.2) is 8.42 Å². The first kappa shape index (κ1) is 23.3. The largest absolute Gasteiger partial charge is 0.508 e. The highest BCUT2D eigenvalue weighted by Crippen LogP contribution is 2.69. The molecule has 3 N–H and O–H groups in total. The number of sulfone groups is 1. The van der Waals surface area contributed by atoms with E-state index in [1.165, 1.54) is 12.2 Å². The highest BCUT2D eigenvalue weighted by molar-refractivity contribution is 7.92. The van der Waals surface area contributed by atoms with E-state index in [9.17, 15) is 23.1 Å². The van der Waals surface area contributed by atoms with Crippen LogP contribution in [0.5, 0.6) is 0 Å². The Labute approximate surface area is 190 Å². The molecule has 6 atom stereocenters. The number of aliphatic hydroxyl groups is 1. The maximum atomic E-state index is 13.6. The molecule has 2 saturated carbocycles. The molecule has 0 aromatic rings. The van der Waals surface area contributed by atoms with E-state index < -0.39 is 44.8 Å². The molecule has 3 fully saturated rings. The van der Waals surface area contributed by atoms with Crippen molar-refractivity contribution in [2.75, 3.05) is 12.3 Å². The Bertz CT molecular complexity index is 1010. The zero-order valence-electron chi connectivity index (χ0n) is 19.3. The van der Waals surface area contributed by atoms with Crippen LogP contribution in [0.3, 0.4) is 0 Å². The van der Waals surface area contributed by atoms with E-state index in [1.807, 2.05) is 0 Å². The van der Waals surface area contributed by atoms with Crippen LogP contribution >= 0.6 is 0 Å². The Morgan fingerprint density at radius 1 is 1.09 bits per heavy atom. The fourth-order valence-corrected chi connectivity index (χ4v) is 10.7. The van der Waals surface area contributed by atoms with Crippen LogP contribution in [0.2, 0.25) is 0 Å². The quantitative estimate of drug-likeness (QED) is 0.588. The van der Waals surface area contributed by atoms with Crippen LogP contribution in [0.4, 0.5) is 0 Å². The normalized spacial score (nSPS) is 41.8. The zero-order chi connectivity index (χ0) is 23.7. The van der Waals surface area contributed by atoms with Gasteiger partial charge >= 0.3 is 5.97 Å². The molecule has 32 heavy (non-hydrogen) atoms. The van der Waals surface area contributed by atoms with Crippen molar-refractivity contribution < 1.29 is 28.2 Å². The summed E-state index contributed by atoms with van der Waals surface area (Å²) in [4.78, 5) is 24.0. The van der Waals surface area contributed by atoms with Gasteiger partial charge in [0, 0.05) is 11.5 Å². The van der Waals surface area contributed by atoms with Gasteiger partial charge in [0.1, 0.15) is 12.3 Å². The number of nitrogens with one attached hydrogen (secondary N) is 1. The van der Waals surface area contributed by atoms with Crippen LogP contribution in [0, 0.1) is 34.0 Å². The maximum Gasteiger partial charge on any atom is 0.322 e. The number of carbonyl (C=O) groups excluding carboxylic acids is 1. The lowest BCUT2D eigenvalue weighted by Gasteiger charge is -2.66. The average Bonchev–Trinajstić information content (AvgIpc) is 2.67. The Morgan fingerprint density at radius 2 is 1.78 bits per heavy atom. The highest BCUT2D eigenvalue weighted by Gasteiger charge is 2.66. The molecule has 4 aliphatic rings. The average molecular weight is 466 g/mol. The third-order valence-corrected chi connectivity index (χ3v) is 11.4. The summed E-state index contributed by atoms with van der Waals surface area (Å²) >= 11 is 0. The smallest absolute Gasteiger partial charge is 0.322 e. The standard InChI is InChI=1S/C24H35NO6S/c1-22(2)7-5-8-23(3)17(22)6-9-24(4)18(23)13-32(30,31)16-11-14(26)10-15(20(16)24)21(29)25-12-19(27)28/h10-11,16-18,20,26H,5-9,12-13H2,1-4H3,(H,25,29)(H,27,28)/t16?,17-,18+,20?,23-,24+/m0/s1. The molecule has 178 valence electrons. The van der Waals surface area contributed by atoms with E-state index in [2.05, 4.69) is 33.0 Å². The molecule has 0 spiro atoms. The number of rotatable bonds is 3. The number of allylic oxidation sites excluding steroid dienone is 1. The molecule has 0 aromatic carbocycles. The minimum absolute atomic E-state index is 0.0571. The summed E-state index contributed by atoms with van der Waals surface area (Å²) in [5.74, 6) is -2.30. The van der Waals surface area contributed by atoms with Crippen LogP contribution in [0.15, 0.2) is 23.5 Å². The second-order valence-corrected chi connectivity index (χ2v) is 13.7. The number of aliphatic hydroxyl groups excluding tert-OH is 1. The Balaban J connectivity index is 1.81. The van der Waals surface area contributed by atoms with Crippen molar-refractivity contribution >= 4 is 21.7 Å². The molecule has 0 radical (unpaired) electrons. The molecule has 1 saturated heterocycles. The molecule has 1 aliphatic heterocycles. The van der Waals surface area contributed by atoms with Crippen molar-refractivity contribution in [3.05, 3.63) is 23.5 Å². The van der Waals surface area contributed by atoms with Crippen LogP contribution in [0.25, 0.3) is 0 Å². The summed E-state index contributed by atoms with van der Waals surface area (Å²) in [6.07, 6.45) is 7.64. The molecule has 8 heteroatoms. The summed E-state index contributed by atoms with van der Waals surface area (Å²) in [5.41, 5.74) is -0.280. The summed E-state index contributed by atoms with van der Waals surface area (Å²) in [6.45, 7) is 8.40. The third kappa shape index (κ3) is 3.40. The van der Waals surface area contributed by atoms with Gasteiger partial charge in [-0.1, -0.05) is 34.1 Å². The van der Waals surface area contributed by atoms with Crippen molar-refractivity contribution in [1.29, 1.82) is 0 Å². The molecule has 4 rings (SSSR count). The predicted molar refractivity (Wildman–Crippen MR) is 121 cm³/mol. The molecule has 1 heterocycles. The molecule has 2 unspecified atom stereocenters. The number of carboxylic acids is 1. The predicted octanol–water partition coefficient (Wildman–Crippen LogP) is 3.23. The monoisotopic (exact) mass is 465 g/mol. The second kappa shape index (κ2) is 7.34. The molecule has 7 nitrogen and oxygen atoms in total. The highest BCUT2D eigenvalue weighted by atomic mass is 32.2. The Morgan fingerprint density at radius 3 is 2.44 bits per heavy atom. The molecule has 1 amide bonds. The van der Waals surface area contributed by atoms with Crippen molar-refractivity contribution in [2.45, 2.75) is 65.0 Å². The fraction of sp³-hybridized carbons (Fsp3) is 0.750. The second-order valence-electron chi connectivity index (χ2n) is 11.5. The van der Waals surface area contributed by atoms with E-state index in [1.54, 1.807) is 0 Å². The molecule has 0 bridgehead atoms. The number of hydrogen-bond donors (Lipinski definition) is 3. The molecule has 3 aliphatic carbocycles. The fourth-order valence-electron chi connectivity index (χ4n) is 8.03. The number of aliphatic carboxylic acids is 1. The van der Waals surface area contributed by atoms with E-state index in [0.717, 1.165) is 32.1 Å². The van der Waals surface area contributed by atoms with Crippen molar-refractivity contribution in [1.82, 2.24) is 5.32 Å². The van der Waals surface area contributed by atoms with E-state index in [4.69, 9.17) is 5.11 Å². The zero-order valence-corrected chi connectivity index (χ0v) is 20.2. The molecular weight excluding hydrogens is 430 g/mol. The van der Waals surface area contributed by atoms with Crippen LogP contribution in [0.1, 0.15) is 59.8 Å². The number of amides is 1. The number of carbonyl (C=O) groups is 2. The van der Waals surface area contributed by atoms with Crippen molar-refractivity contribution in [3.63, 3.8) is 0 Å². The van der Waals surface area contributed by atoms with Gasteiger partial charge in [0.25, 0.3) is 0 Å². The molecular formula is C24H35NO6S. The lowest BCUT2D eigenvalue weighted by molar-refractivity contribution is -0.141. The SMILES string of the molecule is CC1(C)CCC[C@]2(C)[C@H]3CS(=O)(=O)C4C=C(O)C=C(C(=O)NCC(=O)O)C4[C@]3(C)CC[C@@H]12. The first-order valence-corrected chi connectivity index (χ1v) is 13.3. The summed E-state index contributed by atoms with van der Waals surface area (Å²) in [6, 6.07) is 0. The number of hydrogen-bond acceptors (Lipinski definition) is 5. The van der Waals surface area contributed by atoms with Crippen LogP contribution in [-0.4, -0.2) is 48.1 Å². The lowest BCUT2D eigenvalue weighted by Crippen LogP contribution is -2.64. The van der Waals surface area contributed by atoms with Crippen molar-refractivity contribution in [3.8, 4) is 0 Å². The van der Waals surface area contributed by atoms with Gasteiger partial charge in [-0.15, -0.1) is 0 Å². The van der Waals surface area contributed by atoms with E-state index in [-0.39, 0.29) is 33.8 Å². The number of carboxylic acid groups (broad SMARTS) is 1. The van der Waals surface area contributed by atoms with Crippen LogP contribution < -0.4 is 5.32 Å². The summed E-state index contributed by atoms with van der Waals surface area (Å²) in [5, 5.41) is 20.7. The Kier molecular flexibility index (Phi) is 5.35. The van der Waals surface area contributed by atoms with Gasteiger partial charge in [-0.3, -0.25) is 9.59 Å². The van der Waals surface area contributed by atoms with E-state index >= 15 is 0 Å². The van der Waals surface area contributed by atoms with Gasteiger partial charge in [-0.05, 0) is 65.9 Å². The maximum absolute atomic E-state index is 13.6. The minimum Gasteiger partial charge on any atom is -0.508 e. The first-order chi connectivity index (χ1) is 14.7. The topological polar surface area (TPSA) is 121 Å².